The number of rotatable bonds is 9. The number of benzene rings is 2. The first-order valence-electron chi connectivity index (χ1n) is 15.2. The van der Waals surface area contributed by atoms with Crippen molar-refractivity contribution in [3.8, 4) is 45.4 Å². The summed E-state index contributed by atoms with van der Waals surface area (Å²) >= 11 is 14.2. The predicted molar refractivity (Wildman–Crippen MR) is 174 cm³/mol. The molecule has 2 aromatic carbocycles. The molecule has 2 aromatic heterocycles. The highest BCUT2D eigenvalue weighted by atomic mass is 35.5. The predicted octanol–water partition coefficient (Wildman–Crippen LogP) is 5.38. The molecule has 0 amide bonds. The summed E-state index contributed by atoms with van der Waals surface area (Å²) in [5.74, 6) is -0.124. The van der Waals surface area contributed by atoms with Crippen molar-refractivity contribution in [3.63, 3.8) is 0 Å². The zero-order valence-electron chi connectivity index (χ0n) is 25.4. The average molecular weight is 663 g/mol. The Bertz CT molecular complexity index is 1830. The van der Waals surface area contributed by atoms with Gasteiger partial charge >= 0.3 is 5.97 Å². The number of likely N-dealkylation sites (tertiary alicyclic amines) is 2. The van der Waals surface area contributed by atoms with Gasteiger partial charge in [-0.3, -0.25) is 19.6 Å². The summed E-state index contributed by atoms with van der Waals surface area (Å²) in [5.41, 5.74) is 7.06. The van der Waals surface area contributed by atoms with Crippen LogP contribution in [0, 0.1) is 5.92 Å². The number of carboxylic acid groups (broad SMARTS) is 1. The SMILES string of the molecule is COc1nc(-c2cccc(-c3cccc(-c4cc5c(c(OC)n4)[C@H](N4CC(C(=O)O)C4)CC5)c3Cl)c2Cl)cnc1CN1CC(O)C1. The Labute approximate surface area is 276 Å². The molecule has 3 aliphatic rings. The van der Waals surface area contributed by atoms with Crippen molar-refractivity contribution in [1.82, 2.24) is 24.8 Å². The van der Waals surface area contributed by atoms with E-state index in [1.165, 1.54) is 0 Å². The minimum Gasteiger partial charge on any atom is -0.481 e. The third-order valence-electron chi connectivity index (χ3n) is 9.18. The van der Waals surface area contributed by atoms with Crippen LogP contribution in [0.5, 0.6) is 11.8 Å². The number of ether oxygens (including phenoxy) is 2. The Morgan fingerprint density at radius 2 is 1.52 bits per heavy atom. The second kappa shape index (κ2) is 12.4. The van der Waals surface area contributed by atoms with Crippen LogP contribution >= 0.6 is 23.2 Å². The van der Waals surface area contributed by atoms with Gasteiger partial charge in [-0.2, -0.15) is 0 Å². The summed E-state index contributed by atoms with van der Waals surface area (Å²) in [7, 11) is 3.18. The number of β-amino-alcohol motifs (C(OH)–C–C–N with tert-alkyl or cyclic N) is 1. The van der Waals surface area contributed by atoms with Crippen molar-refractivity contribution in [3.05, 3.63) is 75.5 Å². The Hall–Kier alpha value is -3.80. The molecule has 12 heteroatoms. The number of hydrogen-bond donors (Lipinski definition) is 2. The third kappa shape index (κ3) is 5.48. The molecule has 1 atom stereocenters. The summed E-state index contributed by atoms with van der Waals surface area (Å²) in [5, 5.41) is 20.0. The molecule has 238 valence electrons. The van der Waals surface area contributed by atoms with E-state index in [1.807, 2.05) is 36.4 Å². The summed E-state index contributed by atoms with van der Waals surface area (Å²) in [6, 6.07) is 13.7. The van der Waals surface area contributed by atoms with Crippen molar-refractivity contribution >= 4 is 29.2 Å². The van der Waals surface area contributed by atoms with Gasteiger partial charge in [-0.25, -0.2) is 9.97 Å². The minimum absolute atomic E-state index is 0.0878. The van der Waals surface area contributed by atoms with Crippen LogP contribution in [-0.4, -0.2) is 87.4 Å². The van der Waals surface area contributed by atoms with E-state index in [1.54, 1.807) is 20.4 Å². The van der Waals surface area contributed by atoms with Crippen molar-refractivity contribution < 1.29 is 24.5 Å². The van der Waals surface area contributed by atoms with Crippen molar-refractivity contribution in [1.29, 1.82) is 0 Å². The first-order valence-corrected chi connectivity index (χ1v) is 15.9. The highest BCUT2D eigenvalue weighted by molar-refractivity contribution is 6.39. The van der Waals surface area contributed by atoms with Crippen molar-refractivity contribution in [2.45, 2.75) is 31.5 Å². The number of aliphatic hydroxyl groups excluding tert-OH is 1. The number of carbonyl (C=O) groups is 1. The molecule has 1 aliphatic carbocycles. The van der Waals surface area contributed by atoms with E-state index in [0.717, 1.165) is 40.7 Å². The molecule has 0 unspecified atom stereocenters. The molecule has 2 saturated heterocycles. The number of methoxy groups -OCH3 is 2. The second-order valence-electron chi connectivity index (χ2n) is 12.0. The van der Waals surface area contributed by atoms with E-state index >= 15 is 0 Å². The molecule has 10 nitrogen and oxygen atoms in total. The van der Waals surface area contributed by atoms with Crippen molar-refractivity contribution in [2.75, 3.05) is 40.4 Å². The maximum atomic E-state index is 11.4. The summed E-state index contributed by atoms with van der Waals surface area (Å²) in [4.78, 5) is 29.9. The zero-order valence-corrected chi connectivity index (χ0v) is 26.9. The lowest BCUT2D eigenvalue weighted by molar-refractivity contribution is -0.148. The van der Waals surface area contributed by atoms with Gasteiger partial charge in [-0.1, -0.05) is 59.6 Å². The van der Waals surface area contributed by atoms with Crippen LogP contribution in [0.3, 0.4) is 0 Å². The molecule has 2 aliphatic heterocycles. The number of pyridine rings is 1. The number of hydrogen-bond acceptors (Lipinski definition) is 9. The fraction of sp³-hybridized carbons (Fsp3) is 0.353. The van der Waals surface area contributed by atoms with Gasteiger partial charge in [0, 0.05) is 66.6 Å². The first-order chi connectivity index (χ1) is 22.2. The van der Waals surface area contributed by atoms with Gasteiger partial charge in [-0.05, 0) is 24.5 Å². The maximum Gasteiger partial charge on any atom is 0.309 e. The van der Waals surface area contributed by atoms with Crippen LogP contribution in [0.4, 0.5) is 0 Å². The molecule has 2 fully saturated rings. The van der Waals surface area contributed by atoms with Crippen LogP contribution in [0.2, 0.25) is 10.0 Å². The summed E-state index contributed by atoms with van der Waals surface area (Å²) in [6.07, 6.45) is 3.11. The van der Waals surface area contributed by atoms with Crippen LogP contribution in [-0.2, 0) is 17.8 Å². The van der Waals surface area contributed by atoms with Gasteiger partial charge in [0.05, 0.1) is 53.9 Å². The maximum absolute atomic E-state index is 11.4. The topological polar surface area (TPSA) is 121 Å². The average Bonchev–Trinajstić information content (AvgIpc) is 3.43. The molecule has 4 aromatic rings. The number of aliphatic hydroxyl groups is 1. The Morgan fingerprint density at radius 1 is 0.913 bits per heavy atom. The van der Waals surface area contributed by atoms with E-state index in [9.17, 15) is 15.0 Å². The largest absolute Gasteiger partial charge is 0.481 e. The van der Waals surface area contributed by atoms with E-state index in [2.05, 4.69) is 20.9 Å². The lowest BCUT2D eigenvalue weighted by atomic mass is 9.95. The Kier molecular flexibility index (Phi) is 8.33. The monoisotopic (exact) mass is 661 g/mol. The van der Waals surface area contributed by atoms with E-state index in [-0.39, 0.29) is 18.1 Å². The second-order valence-corrected chi connectivity index (χ2v) is 12.8. The molecule has 0 bridgehead atoms. The zero-order chi connectivity index (χ0) is 32.1. The van der Waals surface area contributed by atoms with Crippen LogP contribution in [0.15, 0.2) is 48.7 Å². The van der Waals surface area contributed by atoms with E-state index in [0.29, 0.717) is 77.2 Å². The number of aliphatic carboxylic acids is 1. The lowest BCUT2D eigenvalue weighted by Crippen LogP contribution is -2.51. The normalized spacial score (nSPS) is 18.6. The molecule has 0 radical (unpaired) electrons. The molecule has 7 rings (SSSR count). The first kappa shape index (κ1) is 30.8. The number of aromatic nitrogens is 3. The summed E-state index contributed by atoms with van der Waals surface area (Å²) < 4.78 is 11.4. The standard InChI is InChI=1S/C34H33Cl2N5O5/c1-45-32-27(17-40-15-20(42)16-40)37-12-26(39-32)24-8-4-6-22(31(24)36)21-5-3-7-23(30(21)35)25-11-18-9-10-28(29(18)33(38-25)46-2)41-13-19(14-41)34(43)44/h3-8,11-12,19-20,28,42H,9-10,13-17H2,1-2H3,(H,43,44)/t28-/m1/s1. The van der Waals surface area contributed by atoms with E-state index in [4.69, 9.17) is 42.6 Å². The highest BCUT2D eigenvalue weighted by Gasteiger charge is 2.41. The molecular formula is C34H33Cl2N5O5. The van der Waals surface area contributed by atoms with Gasteiger partial charge in [0.25, 0.3) is 0 Å². The van der Waals surface area contributed by atoms with Crippen LogP contribution < -0.4 is 9.47 Å². The van der Waals surface area contributed by atoms with Gasteiger partial charge < -0.3 is 19.7 Å². The molecule has 4 heterocycles. The molecule has 0 saturated carbocycles. The quantitative estimate of drug-likeness (QED) is 0.242. The van der Waals surface area contributed by atoms with Crippen molar-refractivity contribution in [2.24, 2.45) is 5.92 Å². The number of fused-ring (bicyclic) bond motifs is 1. The van der Waals surface area contributed by atoms with Gasteiger partial charge in [-0.15, -0.1) is 0 Å². The van der Waals surface area contributed by atoms with Gasteiger partial charge in [0.2, 0.25) is 11.8 Å². The molecular weight excluding hydrogens is 629 g/mol. The molecule has 0 spiro atoms. The van der Waals surface area contributed by atoms with Gasteiger partial charge in [0.1, 0.15) is 5.69 Å². The Morgan fingerprint density at radius 3 is 2.13 bits per heavy atom. The molecule has 46 heavy (non-hydrogen) atoms. The number of nitrogens with zero attached hydrogens (tertiary/aromatic N) is 5. The number of carboxylic acids is 1. The fourth-order valence-corrected chi connectivity index (χ4v) is 7.37. The van der Waals surface area contributed by atoms with Crippen LogP contribution in [0.25, 0.3) is 33.6 Å². The van der Waals surface area contributed by atoms with Crippen LogP contribution in [0.1, 0.15) is 29.3 Å². The number of aryl methyl sites for hydroxylation is 1. The molecule has 2 N–H and O–H groups in total. The fourth-order valence-electron chi connectivity index (χ4n) is 6.72. The third-order valence-corrected chi connectivity index (χ3v) is 9.99. The lowest BCUT2D eigenvalue weighted by Gasteiger charge is -2.41. The smallest absolute Gasteiger partial charge is 0.309 e. The summed E-state index contributed by atoms with van der Waals surface area (Å²) in [6.45, 7) is 2.80. The Balaban J connectivity index is 1.20. The van der Waals surface area contributed by atoms with E-state index < -0.39 is 5.97 Å². The number of halogens is 2. The van der Waals surface area contributed by atoms with Gasteiger partial charge in [0.15, 0.2) is 0 Å². The highest BCUT2D eigenvalue weighted by Crippen LogP contribution is 2.47. The minimum atomic E-state index is -0.750.